The molecule has 1 aliphatic heterocycles. The highest BCUT2D eigenvalue weighted by Gasteiger charge is 2.17. The van der Waals surface area contributed by atoms with Gasteiger partial charge in [0.1, 0.15) is 0 Å². The molecule has 2 heterocycles. The van der Waals surface area contributed by atoms with E-state index >= 15 is 0 Å². The Labute approximate surface area is 99.9 Å². The average Bonchev–Trinajstić information content (AvgIpc) is 2.66. The van der Waals surface area contributed by atoms with Crippen LogP contribution in [-0.2, 0) is 0 Å². The monoisotopic (exact) mass is 242 g/mol. The maximum Gasteiger partial charge on any atom is 0.0898 e. The van der Waals surface area contributed by atoms with Gasteiger partial charge < -0.3 is 5.32 Å². The molecular formula is C11H18N2S2. The Bertz CT molecular complexity index is 305. The molecule has 0 aliphatic carbocycles. The number of aryl methyl sites for hydroxylation is 1. The maximum atomic E-state index is 4.53. The number of thiazole rings is 1. The molecule has 0 radical (unpaired) electrons. The Morgan fingerprint density at radius 2 is 2.47 bits per heavy atom. The third-order valence-electron chi connectivity index (χ3n) is 2.73. The van der Waals surface area contributed by atoms with Gasteiger partial charge in [0.2, 0.25) is 0 Å². The van der Waals surface area contributed by atoms with Crippen molar-refractivity contribution in [3.63, 3.8) is 0 Å². The van der Waals surface area contributed by atoms with E-state index in [1.165, 1.54) is 30.0 Å². The number of thioether (sulfide) groups is 1. The normalized spacial score (nSPS) is 24.0. The molecule has 15 heavy (non-hydrogen) atoms. The van der Waals surface area contributed by atoms with Gasteiger partial charge in [0, 0.05) is 23.2 Å². The van der Waals surface area contributed by atoms with Crippen molar-refractivity contribution in [1.82, 2.24) is 10.3 Å². The second kappa shape index (κ2) is 5.32. The van der Waals surface area contributed by atoms with Crippen molar-refractivity contribution in [3.05, 3.63) is 16.1 Å². The molecule has 84 valence electrons. The number of aromatic nitrogens is 1. The molecule has 1 fully saturated rings. The molecule has 2 nitrogen and oxygen atoms in total. The molecule has 1 aliphatic rings. The van der Waals surface area contributed by atoms with Gasteiger partial charge >= 0.3 is 0 Å². The first-order chi connectivity index (χ1) is 7.25. The molecule has 1 N–H and O–H groups in total. The average molecular weight is 242 g/mol. The van der Waals surface area contributed by atoms with Gasteiger partial charge in [-0.1, -0.05) is 0 Å². The zero-order valence-corrected chi connectivity index (χ0v) is 11.0. The predicted molar refractivity (Wildman–Crippen MR) is 68.7 cm³/mol. The van der Waals surface area contributed by atoms with E-state index in [2.05, 4.69) is 41.3 Å². The van der Waals surface area contributed by atoms with Gasteiger partial charge in [0.05, 0.1) is 10.7 Å². The van der Waals surface area contributed by atoms with Gasteiger partial charge in [0.25, 0.3) is 0 Å². The van der Waals surface area contributed by atoms with Crippen LogP contribution in [0.15, 0.2) is 5.38 Å². The number of rotatable bonds is 3. The molecule has 1 saturated heterocycles. The molecule has 0 bridgehead atoms. The molecule has 0 spiro atoms. The summed E-state index contributed by atoms with van der Waals surface area (Å²) in [6, 6.07) is 1.08. The van der Waals surface area contributed by atoms with Gasteiger partial charge in [-0.3, -0.25) is 0 Å². The Morgan fingerprint density at radius 3 is 3.07 bits per heavy atom. The SMILES string of the molecule is Cc1nc(C(C)NC2CCCSC2)cs1. The molecule has 0 amide bonds. The van der Waals surface area contributed by atoms with Crippen LogP contribution in [0.4, 0.5) is 0 Å². The highest BCUT2D eigenvalue weighted by atomic mass is 32.2. The van der Waals surface area contributed by atoms with Gasteiger partial charge in [-0.25, -0.2) is 4.98 Å². The smallest absolute Gasteiger partial charge is 0.0898 e. The van der Waals surface area contributed by atoms with Crippen LogP contribution >= 0.6 is 23.1 Å². The molecule has 2 atom stereocenters. The molecule has 0 saturated carbocycles. The third kappa shape index (κ3) is 3.20. The lowest BCUT2D eigenvalue weighted by atomic mass is 10.1. The summed E-state index contributed by atoms with van der Waals surface area (Å²) in [6.45, 7) is 4.28. The number of hydrogen-bond donors (Lipinski definition) is 1. The minimum atomic E-state index is 0.402. The van der Waals surface area contributed by atoms with Crippen LogP contribution in [0.1, 0.15) is 36.5 Å². The first-order valence-corrected chi connectivity index (χ1v) is 7.55. The summed E-state index contributed by atoms with van der Waals surface area (Å²) < 4.78 is 0. The quantitative estimate of drug-likeness (QED) is 0.882. The lowest BCUT2D eigenvalue weighted by molar-refractivity contribution is 0.448. The molecule has 2 unspecified atom stereocenters. The number of nitrogens with one attached hydrogen (secondary N) is 1. The fourth-order valence-electron chi connectivity index (χ4n) is 1.89. The molecule has 2 rings (SSSR count). The van der Waals surface area contributed by atoms with E-state index < -0.39 is 0 Å². The zero-order chi connectivity index (χ0) is 10.7. The van der Waals surface area contributed by atoms with Gasteiger partial charge in [0.15, 0.2) is 0 Å². The van der Waals surface area contributed by atoms with Crippen LogP contribution in [0.5, 0.6) is 0 Å². The highest BCUT2D eigenvalue weighted by molar-refractivity contribution is 7.99. The van der Waals surface area contributed by atoms with Crippen molar-refractivity contribution >= 4 is 23.1 Å². The first-order valence-electron chi connectivity index (χ1n) is 5.51. The van der Waals surface area contributed by atoms with E-state index in [9.17, 15) is 0 Å². The van der Waals surface area contributed by atoms with Crippen LogP contribution in [0, 0.1) is 6.92 Å². The fourth-order valence-corrected chi connectivity index (χ4v) is 3.68. The molecule has 4 heteroatoms. The topological polar surface area (TPSA) is 24.9 Å². The standard InChI is InChI=1S/C11H18N2S2/c1-8(11-7-15-9(2)13-11)12-10-4-3-5-14-6-10/h7-8,10,12H,3-6H2,1-2H3. The summed E-state index contributed by atoms with van der Waals surface area (Å²) >= 11 is 3.80. The fraction of sp³-hybridized carbons (Fsp3) is 0.727. The first kappa shape index (κ1) is 11.4. The van der Waals surface area contributed by atoms with Gasteiger partial charge in [-0.05, 0) is 32.4 Å². The number of hydrogen-bond acceptors (Lipinski definition) is 4. The Hall–Kier alpha value is -0.0600. The summed E-state index contributed by atoms with van der Waals surface area (Å²) in [5.74, 6) is 2.59. The summed E-state index contributed by atoms with van der Waals surface area (Å²) in [4.78, 5) is 4.53. The Kier molecular flexibility index (Phi) is 4.05. The van der Waals surface area contributed by atoms with Crippen molar-refractivity contribution in [2.24, 2.45) is 0 Å². The lowest BCUT2D eigenvalue weighted by Gasteiger charge is -2.25. The summed E-state index contributed by atoms with van der Waals surface area (Å²) in [6.07, 6.45) is 2.67. The molecular weight excluding hydrogens is 224 g/mol. The largest absolute Gasteiger partial charge is 0.305 e. The maximum absolute atomic E-state index is 4.53. The van der Waals surface area contributed by atoms with E-state index in [1.807, 2.05) is 0 Å². The van der Waals surface area contributed by atoms with E-state index in [1.54, 1.807) is 11.3 Å². The second-order valence-corrected chi connectivity index (χ2v) is 6.31. The van der Waals surface area contributed by atoms with Crippen molar-refractivity contribution in [1.29, 1.82) is 0 Å². The van der Waals surface area contributed by atoms with E-state index in [0.717, 1.165) is 5.01 Å². The van der Waals surface area contributed by atoms with Crippen molar-refractivity contribution in [2.75, 3.05) is 11.5 Å². The van der Waals surface area contributed by atoms with Crippen molar-refractivity contribution in [3.8, 4) is 0 Å². The zero-order valence-electron chi connectivity index (χ0n) is 9.32. The Morgan fingerprint density at radius 1 is 1.60 bits per heavy atom. The van der Waals surface area contributed by atoms with E-state index in [4.69, 9.17) is 0 Å². The van der Waals surface area contributed by atoms with Crippen molar-refractivity contribution in [2.45, 2.75) is 38.8 Å². The van der Waals surface area contributed by atoms with Crippen LogP contribution in [0.25, 0.3) is 0 Å². The Balaban J connectivity index is 1.88. The summed E-state index contributed by atoms with van der Waals surface area (Å²) in [7, 11) is 0. The lowest BCUT2D eigenvalue weighted by Crippen LogP contribution is -2.35. The van der Waals surface area contributed by atoms with Crippen LogP contribution < -0.4 is 5.32 Å². The summed E-state index contributed by atoms with van der Waals surface area (Å²) in [5.41, 5.74) is 1.20. The van der Waals surface area contributed by atoms with E-state index in [0.29, 0.717) is 12.1 Å². The van der Waals surface area contributed by atoms with Crippen molar-refractivity contribution < 1.29 is 0 Å². The minimum Gasteiger partial charge on any atom is -0.305 e. The van der Waals surface area contributed by atoms with Crippen LogP contribution in [-0.4, -0.2) is 22.5 Å². The predicted octanol–water partition coefficient (Wildman–Crippen LogP) is 3.00. The molecule has 1 aromatic heterocycles. The van der Waals surface area contributed by atoms with Crippen LogP contribution in [0.3, 0.4) is 0 Å². The summed E-state index contributed by atoms with van der Waals surface area (Å²) in [5, 5.41) is 7.00. The van der Waals surface area contributed by atoms with E-state index in [-0.39, 0.29) is 0 Å². The second-order valence-electron chi connectivity index (χ2n) is 4.09. The molecule has 0 aromatic carbocycles. The van der Waals surface area contributed by atoms with Crippen LogP contribution in [0.2, 0.25) is 0 Å². The molecule has 1 aromatic rings. The van der Waals surface area contributed by atoms with Gasteiger partial charge in [-0.2, -0.15) is 11.8 Å². The number of nitrogens with zero attached hydrogens (tertiary/aromatic N) is 1. The third-order valence-corrected chi connectivity index (χ3v) is 4.73. The van der Waals surface area contributed by atoms with Gasteiger partial charge in [-0.15, -0.1) is 11.3 Å². The minimum absolute atomic E-state index is 0.402. The highest BCUT2D eigenvalue weighted by Crippen LogP contribution is 2.21.